The van der Waals surface area contributed by atoms with Crippen molar-refractivity contribution in [1.82, 2.24) is 4.90 Å². The smallest absolute Gasteiger partial charge is 0.410 e. The number of carbonyl (C=O) groups excluding carboxylic acids is 3. The molecule has 1 aliphatic carbocycles. The van der Waals surface area contributed by atoms with E-state index < -0.39 is 29.9 Å². The van der Waals surface area contributed by atoms with E-state index in [0.29, 0.717) is 6.54 Å². The summed E-state index contributed by atoms with van der Waals surface area (Å²) in [5.74, 6) is -1.33. The molecule has 0 N–H and O–H groups in total. The molecule has 3 atom stereocenters. The number of rotatable bonds is 4. The molecule has 0 bridgehead atoms. The van der Waals surface area contributed by atoms with Crippen LogP contribution in [0.2, 0.25) is 0 Å². The maximum atomic E-state index is 12.3. The lowest BCUT2D eigenvalue weighted by Crippen LogP contribution is -2.40. The van der Waals surface area contributed by atoms with Gasteiger partial charge in [0.15, 0.2) is 0 Å². The first kappa shape index (κ1) is 15.5. The first-order valence-corrected chi connectivity index (χ1v) is 7.80. The number of nitrogens with zero attached hydrogens (tertiary/aromatic N) is 1. The van der Waals surface area contributed by atoms with Gasteiger partial charge in [-0.1, -0.05) is 30.3 Å². The third kappa shape index (κ3) is 3.06. The van der Waals surface area contributed by atoms with E-state index in [1.165, 1.54) is 4.90 Å². The first-order chi connectivity index (χ1) is 11.1. The SMILES string of the molecule is CCOC(=O)[C@@H]1[C@H]2C(=O)CCN(C(=O)OCc3ccccc3)[C@H]21. The van der Waals surface area contributed by atoms with Gasteiger partial charge in [0.1, 0.15) is 12.4 Å². The van der Waals surface area contributed by atoms with Crippen LogP contribution in [0, 0.1) is 11.8 Å². The molecule has 1 aliphatic heterocycles. The molecule has 0 unspecified atom stereocenters. The number of hydrogen-bond acceptors (Lipinski definition) is 5. The lowest BCUT2D eigenvalue weighted by atomic mass is 10.1. The Morgan fingerprint density at radius 2 is 1.96 bits per heavy atom. The summed E-state index contributed by atoms with van der Waals surface area (Å²) < 4.78 is 10.3. The highest BCUT2D eigenvalue weighted by molar-refractivity contribution is 5.96. The number of ether oxygens (including phenoxy) is 2. The monoisotopic (exact) mass is 317 g/mol. The van der Waals surface area contributed by atoms with E-state index in [-0.39, 0.29) is 25.4 Å². The second-order valence-electron chi connectivity index (χ2n) is 5.74. The molecular weight excluding hydrogens is 298 g/mol. The average molecular weight is 317 g/mol. The van der Waals surface area contributed by atoms with E-state index in [4.69, 9.17) is 9.47 Å². The lowest BCUT2D eigenvalue weighted by Gasteiger charge is -2.25. The predicted octanol–water partition coefficient (Wildman–Crippen LogP) is 1.78. The molecule has 2 aliphatic rings. The Morgan fingerprint density at radius 1 is 1.22 bits per heavy atom. The van der Waals surface area contributed by atoms with Gasteiger partial charge in [-0.25, -0.2) is 4.79 Å². The molecule has 0 radical (unpaired) electrons. The molecule has 6 heteroatoms. The zero-order valence-electron chi connectivity index (χ0n) is 12.9. The predicted molar refractivity (Wildman–Crippen MR) is 80.4 cm³/mol. The van der Waals surface area contributed by atoms with Crippen molar-refractivity contribution in [3.05, 3.63) is 35.9 Å². The van der Waals surface area contributed by atoms with E-state index in [1.807, 2.05) is 30.3 Å². The van der Waals surface area contributed by atoms with Gasteiger partial charge < -0.3 is 14.4 Å². The zero-order chi connectivity index (χ0) is 16.4. The molecule has 6 nitrogen and oxygen atoms in total. The number of hydrogen-bond donors (Lipinski definition) is 0. The molecule has 1 aromatic rings. The van der Waals surface area contributed by atoms with Crippen LogP contribution in [0.4, 0.5) is 4.79 Å². The second kappa shape index (κ2) is 6.40. The molecule has 1 heterocycles. The van der Waals surface area contributed by atoms with E-state index in [9.17, 15) is 14.4 Å². The molecular formula is C17H19NO5. The minimum atomic E-state index is -0.533. The van der Waals surface area contributed by atoms with Crippen LogP contribution in [-0.4, -0.2) is 41.9 Å². The number of likely N-dealkylation sites (tertiary alicyclic amines) is 1. The molecule has 122 valence electrons. The topological polar surface area (TPSA) is 72.9 Å². The van der Waals surface area contributed by atoms with Crippen molar-refractivity contribution in [2.75, 3.05) is 13.2 Å². The van der Waals surface area contributed by atoms with Crippen LogP contribution >= 0.6 is 0 Å². The van der Waals surface area contributed by atoms with Gasteiger partial charge in [-0.05, 0) is 12.5 Å². The van der Waals surface area contributed by atoms with Crippen LogP contribution in [0.3, 0.4) is 0 Å². The van der Waals surface area contributed by atoms with Gasteiger partial charge in [0.2, 0.25) is 0 Å². The minimum Gasteiger partial charge on any atom is -0.466 e. The summed E-state index contributed by atoms with van der Waals surface area (Å²) >= 11 is 0. The number of amides is 1. The van der Waals surface area contributed by atoms with Crippen molar-refractivity contribution in [2.24, 2.45) is 11.8 Å². The number of piperidine rings is 1. The molecule has 3 rings (SSSR count). The highest BCUT2D eigenvalue weighted by Crippen LogP contribution is 2.48. The molecule has 0 spiro atoms. The fourth-order valence-corrected chi connectivity index (χ4v) is 3.16. The van der Waals surface area contributed by atoms with Crippen LogP contribution in [0.1, 0.15) is 18.9 Å². The Kier molecular flexibility index (Phi) is 4.32. The number of benzene rings is 1. The minimum absolute atomic E-state index is 0.0279. The Morgan fingerprint density at radius 3 is 2.65 bits per heavy atom. The van der Waals surface area contributed by atoms with Crippen LogP contribution in [0.25, 0.3) is 0 Å². The fourth-order valence-electron chi connectivity index (χ4n) is 3.16. The molecule has 1 amide bonds. The van der Waals surface area contributed by atoms with Crippen LogP contribution in [0.5, 0.6) is 0 Å². The molecule has 1 saturated heterocycles. The number of carbonyl (C=O) groups is 3. The molecule has 1 aromatic carbocycles. The van der Waals surface area contributed by atoms with Gasteiger partial charge in [-0.3, -0.25) is 9.59 Å². The normalized spacial score (nSPS) is 25.5. The zero-order valence-corrected chi connectivity index (χ0v) is 12.9. The lowest BCUT2D eigenvalue weighted by molar-refractivity contribution is -0.145. The van der Waals surface area contributed by atoms with Gasteiger partial charge >= 0.3 is 12.1 Å². The van der Waals surface area contributed by atoms with E-state index >= 15 is 0 Å². The van der Waals surface area contributed by atoms with Gasteiger partial charge in [0.25, 0.3) is 0 Å². The first-order valence-electron chi connectivity index (χ1n) is 7.80. The number of ketones is 1. The molecule has 0 aromatic heterocycles. The van der Waals surface area contributed by atoms with Crippen molar-refractivity contribution >= 4 is 17.8 Å². The molecule has 23 heavy (non-hydrogen) atoms. The van der Waals surface area contributed by atoms with E-state index in [0.717, 1.165) is 5.56 Å². The van der Waals surface area contributed by atoms with Crippen LogP contribution in [-0.2, 0) is 25.7 Å². The summed E-state index contributed by atoms with van der Waals surface area (Å²) in [4.78, 5) is 37.6. The Hall–Kier alpha value is -2.37. The second-order valence-corrected chi connectivity index (χ2v) is 5.74. The van der Waals surface area contributed by atoms with E-state index in [1.54, 1.807) is 6.92 Å². The van der Waals surface area contributed by atoms with Crippen molar-refractivity contribution in [3.63, 3.8) is 0 Å². The summed E-state index contributed by atoms with van der Waals surface area (Å²) in [6.07, 6.45) is -0.222. The summed E-state index contributed by atoms with van der Waals surface area (Å²) in [5, 5.41) is 0. The van der Waals surface area contributed by atoms with E-state index in [2.05, 4.69) is 0 Å². The van der Waals surface area contributed by atoms with Crippen molar-refractivity contribution in [3.8, 4) is 0 Å². The molecule has 1 saturated carbocycles. The third-order valence-electron chi connectivity index (χ3n) is 4.31. The number of esters is 1. The maximum Gasteiger partial charge on any atom is 0.410 e. The molecule has 2 fully saturated rings. The van der Waals surface area contributed by atoms with Crippen molar-refractivity contribution < 1.29 is 23.9 Å². The largest absolute Gasteiger partial charge is 0.466 e. The van der Waals surface area contributed by atoms with Gasteiger partial charge in [-0.2, -0.15) is 0 Å². The highest BCUT2D eigenvalue weighted by Gasteiger charge is 2.65. The Balaban J connectivity index is 1.62. The fraction of sp³-hybridized carbons (Fsp3) is 0.471. The van der Waals surface area contributed by atoms with Crippen molar-refractivity contribution in [1.29, 1.82) is 0 Å². The summed E-state index contributed by atoms with van der Waals surface area (Å²) in [6, 6.07) is 8.97. The number of Topliss-reactive ketones (excluding diaryl/α,β-unsaturated/α-hetero) is 1. The van der Waals surface area contributed by atoms with Crippen LogP contribution in [0.15, 0.2) is 30.3 Å². The highest BCUT2D eigenvalue weighted by atomic mass is 16.6. The summed E-state index contributed by atoms with van der Waals surface area (Å²) in [5.41, 5.74) is 0.892. The average Bonchev–Trinajstić information content (AvgIpc) is 3.31. The third-order valence-corrected chi connectivity index (χ3v) is 4.31. The quantitative estimate of drug-likeness (QED) is 0.791. The number of fused-ring (bicyclic) bond motifs is 1. The van der Waals surface area contributed by atoms with Crippen LogP contribution < -0.4 is 0 Å². The van der Waals surface area contributed by atoms with Crippen molar-refractivity contribution in [2.45, 2.75) is 26.0 Å². The Bertz CT molecular complexity index is 615. The van der Waals surface area contributed by atoms with Gasteiger partial charge in [-0.15, -0.1) is 0 Å². The van der Waals surface area contributed by atoms with Gasteiger partial charge in [0.05, 0.1) is 24.5 Å². The van der Waals surface area contributed by atoms with Gasteiger partial charge in [0, 0.05) is 13.0 Å². The summed E-state index contributed by atoms with van der Waals surface area (Å²) in [7, 11) is 0. The Labute approximate surface area is 134 Å². The summed E-state index contributed by atoms with van der Waals surface area (Å²) in [6.45, 7) is 2.45. The maximum absolute atomic E-state index is 12.3. The standard InChI is InChI=1S/C17H19NO5/c1-2-22-16(20)14-13-12(19)8-9-18(15(13)14)17(21)23-10-11-6-4-3-5-7-11/h3-7,13-15H,2,8-10H2,1H3/t13-,14-,15-/m1/s1.